The number of amides is 3. The first-order valence-electron chi connectivity index (χ1n) is 13.8. The fourth-order valence-electron chi connectivity index (χ4n) is 2.87. The molecule has 12 heteroatoms. The van der Waals surface area contributed by atoms with Gasteiger partial charge in [0.15, 0.2) is 0 Å². The standard InChI is InChI=1S/C20H37N3O6.C7H16O3/c1-6-16(24)21-12-8-14-23(17(25)10-11-18(26)28-7-2)15-9-13-22-19(27)29-20(3,4)5;1-3-9-6-7-10-5-4-8-2/h6-15H2,1-5H3,(H,21,24)(H,22,27);3-7H2,1-2H3. The first-order chi connectivity index (χ1) is 18.5. The normalized spacial score (nSPS) is 10.6. The molecule has 0 aromatic heterocycles. The molecule has 0 aromatic rings. The number of nitrogens with one attached hydrogen (secondary N) is 2. The molecule has 0 rings (SSSR count). The van der Waals surface area contributed by atoms with E-state index in [1.807, 2.05) is 6.92 Å². The fourth-order valence-corrected chi connectivity index (χ4v) is 2.87. The third-order valence-electron chi connectivity index (χ3n) is 4.73. The number of ether oxygens (including phenoxy) is 5. The zero-order valence-corrected chi connectivity index (χ0v) is 25.2. The van der Waals surface area contributed by atoms with Crippen molar-refractivity contribution in [2.45, 2.75) is 79.2 Å². The van der Waals surface area contributed by atoms with E-state index >= 15 is 0 Å². The van der Waals surface area contributed by atoms with E-state index in [1.54, 1.807) is 46.6 Å². The Morgan fingerprint density at radius 3 is 1.90 bits per heavy atom. The summed E-state index contributed by atoms with van der Waals surface area (Å²) in [5.74, 6) is -0.591. The van der Waals surface area contributed by atoms with Crippen molar-refractivity contribution in [1.29, 1.82) is 0 Å². The molecule has 0 fully saturated rings. The number of carbonyl (C=O) groups excluding carboxylic acids is 4. The molecular formula is C27H53N3O9. The average Bonchev–Trinajstić information content (AvgIpc) is 2.87. The summed E-state index contributed by atoms with van der Waals surface area (Å²) < 4.78 is 25.0. The second-order valence-electron chi connectivity index (χ2n) is 9.33. The van der Waals surface area contributed by atoms with E-state index in [-0.39, 0.29) is 31.3 Å². The van der Waals surface area contributed by atoms with E-state index in [1.165, 1.54) is 0 Å². The monoisotopic (exact) mass is 563 g/mol. The van der Waals surface area contributed by atoms with Crippen LogP contribution in [0, 0.1) is 0 Å². The molecule has 0 aliphatic carbocycles. The predicted molar refractivity (Wildman–Crippen MR) is 148 cm³/mol. The minimum absolute atomic E-state index is 0.0336. The van der Waals surface area contributed by atoms with Gasteiger partial charge in [0, 0.05) is 52.7 Å². The van der Waals surface area contributed by atoms with Gasteiger partial charge in [0.2, 0.25) is 11.8 Å². The highest BCUT2D eigenvalue weighted by Crippen LogP contribution is 2.07. The minimum atomic E-state index is -0.567. The molecular weight excluding hydrogens is 510 g/mol. The molecule has 0 atom stereocenters. The van der Waals surface area contributed by atoms with E-state index in [2.05, 4.69) is 10.6 Å². The molecule has 39 heavy (non-hydrogen) atoms. The van der Waals surface area contributed by atoms with Gasteiger partial charge in [-0.25, -0.2) is 4.79 Å². The van der Waals surface area contributed by atoms with Crippen LogP contribution in [0.5, 0.6) is 0 Å². The van der Waals surface area contributed by atoms with Crippen molar-refractivity contribution in [3.8, 4) is 0 Å². The molecule has 0 aliphatic rings. The van der Waals surface area contributed by atoms with Gasteiger partial charge in [-0.15, -0.1) is 0 Å². The summed E-state index contributed by atoms with van der Waals surface area (Å²) in [7, 11) is 1.66. The van der Waals surface area contributed by atoms with E-state index in [0.717, 1.165) is 6.61 Å². The Labute approximate surface area is 234 Å². The highest BCUT2D eigenvalue weighted by molar-refractivity contribution is 5.81. The lowest BCUT2D eigenvalue weighted by Crippen LogP contribution is -2.37. The molecule has 0 spiro atoms. The lowest BCUT2D eigenvalue weighted by atomic mass is 10.2. The Kier molecular flexibility index (Phi) is 25.6. The van der Waals surface area contributed by atoms with Crippen LogP contribution in [0.1, 0.15) is 73.6 Å². The molecule has 0 radical (unpaired) electrons. The third kappa shape index (κ3) is 28.4. The van der Waals surface area contributed by atoms with Gasteiger partial charge in [0.1, 0.15) is 5.60 Å². The number of esters is 1. The summed E-state index contributed by atoms with van der Waals surface area (Å²) in [5.41, 5.74) is -0.567. The maximum atomic E-state index is 12.5. The topological polar surface area (TPSA) is 142 Å². The van der Waals surface area contributed by atoms with Crippen molar-refractivity contribution in [3.63, 3.8) is 0 Å². The predicted octanol–water partition coefficient (Wildman–Crippen LogP) is 2.68. The first kappa shape index (κ1) is 38.7. The van der Waals surface area contributed by atoms with Crippen LogP contribution in [0.15, 0.2) is 0 Å². The van der Waals surface area contributed by atoms with Crippen molar-refractivity contribution in [3.05, 3.63) is 0 Å². The van der Waals surface area contributed by atoms with E-state index in [9.17, 15) is 19.2 Å². The summed E-state index contributed by atoms with van der Waals surface area (Å²) in [5, 5.41) is 5.43. The zero-order valence-electron chi connectivity index (χ0n) is 25.2. The van der Waals surface area contributed by atoms with Crippen LogP contribution >= 0.6 is 0 Å². The van der Waals surface area contributed by atoms with Gasteiger partial charge in [0.25, 0.3) is 0 Å². The van der Waals surface area contributed by atoms with Crippen LogP contribution in [0.2, 0.25) is 0 Å². The lowest BCUT2D eigenvalue weighted by Gasteiger charge is -2.23. The van der Waals surface area contributed by atoms with Crippen molar-refractivity contribution >= 4 is 23.9 Å². The average molecular weight is 564 g/mol. The maximum absolute atomic E-state index is 12.5. The van der Waals surface area contributed by atoms with Crippen LogP contribution < -0.4 is 10.6 Å². The molecule has 0 bridgehead atoms. The Morgan fingerprint density at radius 2 is 1.36 bits per heavy atom. The van der Waals surface area contributed by atoms with Crippen LogP contribution in [0.4, 0.5) is 4.79 Å². The highest BCUT2D eigenvalue weighted by Gasteiger charge is 2.17. The van der Waals surface area contributed by atoms with Crippen LogP contribution in [0.3, 0.4) is 0 Å². The van der Waals surface area contributed by atoms with Crippen LogP contribution in [0.25, 0.3) is 0 Å². The molecule has 0 saturated carbocycles. The Morgan fingerprint density at radius 1 is 0.769 bits per heavy atom. The second kappa shape index (κ2) is 25.8. The molecule has 0 aromatic carbocycles. The molecule has 0 heterocycles. The smallest absolute Gasteiger partial charge is 0.407 e. The largest absolute Gasteiger partial charge is 0.466 e. The van der Waals surface area contributed by atoms with Gasteiger partial charge < -0.3 is 39.2 Å². The van der Waals surface area contributed by atoms with E-state index in [4.69, 9.17) is 23.7 Å². The number of alkyl carbamates (subject to hydrolysis) is 1. The highest BCUT2D eigenvalue weighted by atomic mass is 16.6. The van der Waals surface area contributed by atoms with Crippen molar-refractivity contribution in [1.82, 2.24) is 15.5 Å². The number of hydrogen-bond acceptors (Lipinski definition) is 9. The number of hydrogen-bond donors (Lipinski definition) is 2. The van der Waals surface area contributed by atoms with E-state index < -0.39 is 17.7 Å². The van der Waals surface area contributed by atoms with Gasteiger partial charge in [-0.05, 0) is 47.5 Å². The first-order valence-corrected chi connectivity index (χ1v) is 13.8. The second-order valence-corrected chi connectivity index (χ2v) is 9.33. The van der Waals surface area contributed by atoms with Crippen molar-refractivity contribution in [2.24, 2.45) is 0 Å². The fraction of sp³-hybridized carbons (Fsp3) is 0.852. The molecule has 3 amide bonds. The zero-order chi connectivity index (χ0) is 29.9. The van der Waals surface area contributed by atoms with Gasteiger partial charge in [-0.1, -0.05) is 6.92 Å². The number of carbonyl (C=O) groups is 4. The Hall–Kier alpha value is -2.44. The summed E-state index contributed by atoms with van der Waals surface area (Å²) in [4.78, 5) is 48.6. The SMILES string of the molecule is CCOC(=O)CCC(=O)N(CCCNC(=O)CC)CCCNC(=O)OC(C)(C)C.CCOCCOCCOC. The van der Waals surface area contributed by atoms with Crippen molar-refractivity contribution in [2.75, 3.05) is 72.9 Å². The van der Waals surface area contributed by atoms with Gasteiger partial charge in [-0.2, -0.15) is 0 Å². The molecule has 12 nitrogen and oxygen atoms in total. The molecule has 230 valence electrons. The Balaban J connectivity index is 0. The minimum Gasteiger partial charge on any atom is -0.466 e. The summed E-state index contributed by atoms with van der Waals surface area (Å²) >= 11 is 0. The Bertz CT molecular complexity index is 647. The number of nitrogens with zero attached hydrogens (tertiary/aromatic N) is 1. The summed E-state index contributed by atoms with van der Waals surface area (Å²) in [6, 6.07) is 0. The van der Waals surface area contributed by atoms with Crippen LogP contribution in [-0.4, -0.2) is 107 Å². The van der Waals surface area contributed by atoms with Crippen LogP contribution in [-0.2, 0) is 38.1 Å². The lowest BCUT2D eigenvalue weighted by molar-refractivity contribution is -0.145. The third-order valence-corrected chi connectivity index (χ3v) is 4.73. The molecule has 0 unspecified atom stereocenters. The van der Waals surface area contributed by atoms with Crippen molar-refractivity contribution < 1.29 is 42.9 Å². The summed E-state index contributed by atoms with van der Waals surface area (Å²) in [6.07, 6.45) is 1.17. The maximum Gasteiger partial charge on any atom is 0.407 e. The summed E-state index contributed by atoms with van der Waals surface area (Å²) in [6.45, 7) is 16.2. The molecule has 0 saturated heterocycles. The number of rotatable bonds is 20. The molecule has 0 aliphatic heterocycles. The van der Waals surface area contributed by atoms with Gasteiger partial charge >= 0.3 is 12.1 Å². The van der Waals surface area contributed by atoms with Gasteiger partial charge in [0.05, 0.1) is 39.5 Å². The van der Waals surface area contributed by atoms with E-state index in [0.29, 0.717) is 71.9 Å². The number of methoxy groups -OCH3 is 1. The van der Waals surface area contributed by atoms with Gasteiger partial charge in [-0.3, -0.25) is 14.4 Å². The molecule has 2 N–H and O–H groups in total. The quantitative estimate of drug-likeness (QED) is 0.169.